The Bertz CT molecular complexity index is 629. The number of allylic oxidation sites excluding steroid dienone is 2. The Kier molecular flexibility index (Phi) is 8.59. The first-order chi connectivity index (χ1) is 12.5. The molecule has 1 saturated heterocycles. The van der Waals surface area contributed by atoms with Gasteiger partial charge in [0, 0.05) is 25.7 Å². The van der Waals surface area contributed by atoms with Crippen LogP contribution in [0.15, 0.2) is 42.0 Å². The fourth-order valence-corrected chi connectivity index (χ4v) is 3.01. The van der Waals surface area contributed by atoms with Crippen molar-refractivity contribution in [3.8, 4) is 0 Å². The maximum Gasteiger partial charge on any atom is 0.243 e. The van der Waals surface area contributed by atoms with Gasteiger partial charge in [0.25, 0.3) is 0 Å². The highest BCUT2D eigenvalue weighted by Crippen LogP contribution is 2.24. The Morgan fingerprint density at radius 3 is 2.58 bits per heavy atom. The molecule has 0 atom stereocenters. The molecule has 4 nitrogen and oxygen atoms in total. The van der Waals surface area contributed by atoms with Gasteiger partial charge in [0.15, 0.2) is 0 Å². The van der Waals surface area contributed by atoms with Crippen molar-refractivity contribution in [2.75, 3.05) is 19.6 Å². The first-order valence-electron chi connectivity index (χ1n) is 9.73. The molecule has 142 valence electrons. The molecule has 1 amide bonds. The smallest absolute Gasteiger partial charge is 0.243 e. The van der Waals surface area contributed by atoms with Crippen LogP contribution < -0.4 is 5.32 Å². The summed E-state index contributed by atoms with van der Waals surface area (Å²) in [5, 5.41) is 13.0. The van der Waals surface area contributed by atoms with Gasteiger partial charge in [0.2, 0.25) is 5.91 Å². The van der Waals surface area contributed by atoms with Crippen LogP contribution in [0.1, 0.15) is 50.7 Å². The average Bonchev–Trinajstić information content (AvgIpc) is 2.65. The number of aryl methyl sites for hydroxylation is 1. The second-order valence-corrected chi connectivity index (χ2v) is 7.40. The molecule has 1 aromatic rings. The van der Waals surface area contributed by atoms with Crippen LogP contribution in [0.5, 0.6) is 0 Å². The lowest BCUT2D eigenvalue weighted by molar-refractivity contribution is -0.116. The second kappa shape index (κ2) is 10.9. The highest BCUT2D eigenvalue weighted by atomic mass is 16.5. The molecule has 1 aliphatic carbocycles. The molecule has 0 unspecified atom stereocenters. The molecule has 0 saturated carbocycles. The van der Waals surface area contributed by atoms with E-state index < -0.39 is 0 Å². The van der Waals surface area contributed by atoms with Crippen LogP contribution in [0.4, 0.5) is 0 Å². The number of benzene rings is 1. The van der Waals surface area contributed by atoms with Crippen LogP contribution in [-0.4, -0.2) is 35.8 Å². The van der Waals surface area contributed by atoms with E-state index in [0.717, 1.165) is 45.3 Å². The number of hydrogen-bond donors (Lipinski definition) is 2. The summed E-state index contributed by atoms with van der Waals surface area (Å²) in [5.74, 6) is 0.478. The molecule has 0 spiro atoms. The SMILES string of the molecule is CC(C)CNC(=O)/C=C/C1=Cc2ccccc2CC1.ON1CCCCC1. The standard InChI is InChI=1S/C17H21NO.C5H11NO/c1-13(2)12-18-17(19)10-8-14-7-9-15-5-3-4-6-16(15)11-14;7-6-4-2-1-3-5-6/h3-6,8,10-11,13H,7,9,12H2,1-2H3,(H,18,19);7H,1-5H2/b10-8+;. The van der Waals surface area contributed by atoms with Crippen LogP contribution in [-0.2, 0) is 11.2 Å². The number of nitrogens with one attached hydrogen (secondary N) is 1. The van der Waals surface area contributed by atoms with E-state index in [-0.39, 0.29) is 5.91 Å². The Morgan fingerprint density at radius 1 is 1.19 bits per heavy atom. The van der Waals surface area contributed by atoms with Crippen molar-refractivity contribution < 1.29 is 10.0 Å². The summed E-state index contributed by atoms with van der Waals surface area (Å²) < 4.78 is 0. The lowest BCUT2D eigenvalue weighted by Crippen LogP contribution is -2.25. The number of hydrogen-bond acceptors (Lipinski definition) is 3. The van der Waals surface area contributed by atoms with Crippen LogP contribution in [0.3, 0.4) is 0 Å². The van der Waals surface area contributed by atoms with Gasteiger partial charge in [-0.15, -0.1) is 0 Å². The van der Waals surface area contributed by atoms with Gasteiger partial charge in [0.05, 0.1) is 0 Å². The molecule has 1 aromatic carbocycles. The molecule has 26 heavy (non-hydrogen) atoms. The van der Waals surface area contributed by atoms with Gasteiger partial charge in [-0.1, -0.05) is 56.7 Å². The zero-order valence-electron chi connectivity index (χ0n) is 16.1. The lowest BCUT2D eigenvalue weighted by atomic mass is 9.92. The Labute approximate surface area is 157 Å². The van der Waals surface area contributed by atoms with Gasteiger partial charge < -0.3 is 10.5 Å². The third kappa shape index (κ3) is 7.54. The van der Waals surface area contributed by atoms with Gasteiger partial charge in [-0.2, -0.15) is 5.06 Å². The Balaban J connectivity index is 0.000000290. The van der Waals surface area contributed by atoms with E-state index >= 15 is 0 Å². The summed E-state index contributed by atoms with van der Waals surface area (Å²) in [6.45, 7) is 6.65. The molecule has 0 radical (unpaired) electrons. The maximum atomic E-state index is 11.6. The zero-order valence-corrected chi connectivity index (χ0v) is 16.1. The highest BCUT2D eigenvalue weighted by Gasteiger charge is 2.08. The summed E-state index contributed by atoms with van der Waals surface area (Å²) in [7, 11) is 0. The zero-order chi connectivity index (χ0) is 18.8. The Morgan fingerprint density at radius 2 is 1.92 bits per heavy atom. The van der Waals surface area contributed by atoms with Crippen molar-refractivity contribution >= 4 is 12.0 Å². The topological polar surface area (TPSA) is 52.6 Å². The van der Waals surface area contributed by atoms with Crippen molar-refractivity contribution in [1.82, 2.24) is 10.4 Å². The number of hydroxylamine groups is 2. The number of fused-ring (bicyclic) bond motifs is 1. The van der Waals surface area contributed by atoms with E-state index in [9.17, 15) is 4.79 Å². The molecule has 2 N–H and O–H groups in total. The summed E-state index contributed by atoms with van der Waals surface area (Å²) >= 11 is 0. The number of nitrogens with zero attached hydrogens (tertiary/aromatic N) is 1. The van der Waals surface area contributed by atoms with E-state index in [2.05, 4.69) is 49.5 Å². The minimum atomic E-state index is -0.00606. The normalized spacial score (nSPS) is 17.3. The first-order valence-corrected chi connectivity index (χ1v) is 9.73. The summed E-state index contributed by atoms with van der Waals surface area (Å²) in [6.07, 6.45) is 11.4. The van der Waals surface area contributed by atoms with Gasteiger partial charge in [-0.25, -0.2) is 0 Å². The lowest BCUT2D eigenvalue weighted by Gasteiger charge is -2.18. The minimum absolute atomic E-state index is 0.00606. The monoisotopic (exact) mass is 356 g/mol. The van der Waals surface area contributed by atoms with Crippen LogP contribution in [0.2, 0.25) is 0 Å². The highest BCUT2D eigenvalue weighted by molar-refractivity contribution is 5.88. The van der Waals surface area contributed by atoms with E-state index in [1.807, 2.05) is 6.08 Å². The molecular weight excluding hydrogens is 324 g/mol. The molecular formula is C22H32N2O2. The Hall–Kier alpha value is -1.91. The van der Waals surface area contributed by atoms with Gasteiger partial charge >= 0.3 is 0 Å². The van der Waals surface area contributed by atoms with Crippen LogP contribution >= 0.6 is 0 Å². The third-order valence-electron chi connectivity index (χ3n) is 4.54. The average molecular weight is 357 g/mol. The van der Waals surface area contributed by atoms with Crippen LogP contribution in [0.25, 0.3) is 6.08 Å². The summed E-state index contributed by atoms with van der Waals surface area (Å²) in [6, 6.07) is 8.42. The van der Waals surface area contributed by atoms with E-state index in [1.54, 1.807) is 6.08 Å². The van der Waals surface area contributed by atoms with E-state index in [4.69, 9.17) is 5.21 Å². The largest absolute Gasteiger partial charge is 0.352 e. The summed E-state index contributed by atoms with van der Waals surface area (Å²) in [4.78, 5) is 11.6. The molecule has 0 bridgehead atoms. The maximum absolute atomic E-state index is 11.6. The molecule has 1 fully saturated rings. The number of amides is 1. The number of carbonyl (C=O) groups excluding carboxylic acids is 1. The molecule has 0 aromatic heterocycles. The molecule has 2 aliphatic rings. The van der Waals surface area contributed by atoms with Gasteiger partial charge in [-0.05, 0) is 48.3 Å². The van der Waals surface area contributed by atoms with Crippen molar-refractivity contribution in [2.24, 2.45) is 5.92 Å². The molecule has 1 aliphatic heterocycles. The van der Waals surface area contributed by atoms with Crippen molar-refractivity contribution in [3.05, 3.63) is 53.1 Å². The summed E-state index contributed by atoms with van der Waals surface area (Å²) in [5.41, 5.74) is 3.89. The van der Waals surface area contributed by atoms with Gasteiger partial charge in [0.1, 0.15) is 0 Å². The van der Waals surface area contributed by atoms with Crippen molar-refractivity contribution in [3.63, 3.8) is 0 Å². The van der Waals surface area contributed by atoms with Crippen LogP contribution in [0, 0.1) is 5.92 Å². The number of rotatable bonds is 4. The second-order valence-electron chi connectivity index (χ2n) is 7.40. The number of carbonyl (C=O) groups is 1. The predicted molar refractivity (Wildman–Crippen MR) is 107 cm³/mol. The van der Waals surface area contributed by atoms with Crippen molar-refractivity contribution in [2.45, 2.75) is 46.0 Å². The predicted octanol–water partition coefficient (Wildman–Crippen LogP) is 4.21. The third-order valence-corrected chi connectivity index (χ3v) is 4.54. The van der Waals surface area contributed by atoms with Crippen molar-refractivity contribution in [1.29, 1.82) is 0 Å². The number of piperidine rings is 1. The van der Waals surface area contributed by atoms with Gasteiger partial charge in [-0.3, -0.25) is 4.79 Å². The molecule has 3 rings (SSSR count). The van der Waals surface area contributed by atoms with E-state index in [1.165, 1.54) is 28.2 Å². The molecule has 1 heterocycles. The fraction of sp³-hybridized carbons (Fsp3) is 0.500. The quantitative estimate of drug-likeness (QED) is 0.795. The van der Waals surface area contributed by atoms with E-state index in [0.29, 0.717) is 5.92 Å². The fourth-order valence-electron chi connectivity index (χ4n) is 3.01. The minimum Gasteiger partial charge on any atom is -0.352 e. The first kappa shape index (κ1) is 20.4. The molecule has 4 heteroatoms.